The van der Waals surface area contributed by atoms with Gasteiger partial charge in [-0.25, -0.2) is 19.6 Å². The molecular formula is C52H92NO8P. The fourth-order valence-corrected chi connectivity index (χ4v) is 7.08. The van der Waals surface area contributed by atoms with Crippen LogP contribution in [-0.2, 0) is 33.2 Å². The van der Waals surface area contributed by atoms with Gasteiger partial charge in [0.05, 0.1) is 41.0 Å². The molecule has 0 amide bonds. The summed E-state index contributed by atoms with van der Waals surface area (Å²) in [4.78, 5) is 34.0. The zero-order valence-corrected chi connectivity index (χ0v) is 41.5. The molecule has 0 bridgehead atoms. The molecule has 0 aromatic carbocycles. The molecule has 0 saturated carbocycles. The third-order valence-electron chi connectivity index (χ3n) is 10.3. The lowest BCUT2D eigenvalue weighted by Crippen LogP contribution is -2.37. The largest absolute Gasteiger partial charge is 0.756 e. The molecule has 0 spiro atoms. The number of likely N-dealkylation sites (N-methyl/N-ethyl adjacent to an activating group) is 1. The first-order valence-electron chi connectivity index (χ1n) is 25.0. The van der Waals surface area contributed by atoms with Crippen molar-refractivity contribution in [3.63, 3.8) is 0 Å². The molecule has 0 aliphatic heterocycles. The maximum Gasteiger partial charge on any atom is 0.268 e. The number of unbranched alkanes of at least 4 members (excludes halogenated alkanes) is 28. The van der Waals surface area contributed by atoms with Crippen molar-refractivity contribution in [2.45, 2.75) is 225 Å². The van der Waals surface area contributed by atoms with Crippen LogP contribution in [0, 0.1) is 47.4 Å². The summed E-state index contributed by atoms with van der Waals surface area (Å²) in [6.45, 7) is 5.53. The van der Waals surface area contributed by atoms with Crippen molar-refractivity contribution in [1.29, 1.82) is 0 Å². The molecule has 0 fully saturated rings. The van der Waals surface area contributed by atoms with Crippen LogP contribution in [0.2, 0.25) is 0 Å². The Bertz CT molecular complexity index is 1290. The molecular weight excluding hydrogens is 798 g/mol. The number of phosphoric ester groups is 1. The first kappa shape index (κ1) is 60.2. The van der Waals surface area contributed by atoms with Gasteiger partial charge in [-0.2, -0.15) is 0 Å². The minimum absolute atomic E-state index is 0.0240. The number of rotatable bonds is 44. The molecule has 0 saturated heterocycles. The molecule has 62 heavy (non-hydrogen) atoms. The number of hydrogen-bond acceptors (Lipinski definition) is 8. The van der Waals surface area contributed by atoms with Crippen LogP contribution in [0.3, 0.4) is 0 Å². The smallest absolute Gasteiger partial charge is 0.268 e. The van der Waals surface area contributed by atoms with E-state index < -0.39 is 13.9 Å². The van der Waals surface area contributed by atoms with E-state index in [4.69, 9.17) is 28.6 Å². The summed E-state index contributed by atoms with van der Waals surface area (Å²) in [6, 6.07) is 0. The Kier molecular flexibility index (Phi) is 45.7. The Morgan fingerprint density at radius 2 is 0.790 bits per heavy atom. The van der Waals surface area contributed by atoms with Gasteiger partial charge in [-0.15, -0.1) is 0 Å². The van der Waals surface area contributed by atoms with Gasteiger partial charge in [0.15, 0.2) is 0 Å². The van der Waals surface area contributed by atoms with Crippen LogP contribution in [0.1, 0.15) is 219 Å². The van der Waals surface area contributed by atoms with Crippen LogP contribution in [0.25, 0.3) is 0 Å². The van der Waals surface area contributed by atoms with E-state index in [0.29, 0.717) is 24.2 Å². The van der Waals surface area contributed by atoms with E-state index in [2.05, 4.69) is 61.2 Å². The summed E-state index contributed by atoms with van der Waals surface area (Å²) in [5.41, 5.74) is 0. The number of nitrogens with zero attached hydrogens (tertiary/aromatic N) is 1. The first-order chi connectivity index (χ1) is 30.2. The third-order valence-corrected chi connectivity index (χ3v) is 11.3. The fourth-order valence-electron chi connectivity index (χ4n) is 6.35. The highest BCUT2D eigenvalue weighted by Gasteiger charge is 2.19. The van der Waals surface area contributed by atoms with E-state index in [-0.39, 0.29) is 19.8 Å². The van der Waals surface area contributed by atoms with Crippen molar-refractivity contribution in [3.05, 3.63) is 0 Å². The van der Waals surface area contributed by atoms with Gasteiger partial charge in [0.1, 0.15) is 25.9 Å². The highest BCUT2D eigenvalue weighted by atomic mass is 31.2. The monoisotopic (exact) mass is 890 g/mol. The molecule has 10 heteroatoms. The van der Waals surface area contributed by atoms with Gasteiger partial charge in [0.2, 0.25) is 0 Å². The van der Waals surface area contributed by atoms with Crippen molar-refractivity contribution in [1.82, 2.24) is 0 Å². The lowest BCUT2D eigenvalue weighted by molar-refractivity contribution is -0.870. The zero-order chi connectivity index (χ0) is 45.3. The second-order valence-corrected chi connectivity index (χ2v) is 19.0. The lowest BCUT2D eigenvalue weighted by Gasteiger charge is -2.28. The minimum Gasteiger partial charge on any atom is -0.756 e. The van der Waals surface area contributed by atoms with E-state index in [1.165, 1.54) is 103 Å². The Morgan fingerprint density at radius 1 is 0.435 bits per heavy atom. The van der Waals surface area contributed by atoms with Crippen molar-refractivity contribution < 1.29 is 42.5 Å². The van der Waals surface area contributed by atoms with Crippen molar-refractivity contribution in [2.24, 2.45) is 0 Å². The minimum atomic E-state index is -4.52. The average Bonchev–Trinajstić information content (AvgIpc) is 3.24. The first-order valence-corrected chi connectivity index (χ1v) is 26.5. The fraction of sp³-hybridized carbons (Fsp3) is 0.846. The summed E-state index contributed by atoms with van der Waals surface area (Å²) >= 11 is 0. The summed E-state index contributed by atoms with van der Waals surface area (Å²) in [5.74, 6) is 24.8. The Morgan fingerprint density at radius 3 is 1.18 bits per heavy atom. The van der Waals surface area contributed by atoms with Crippen LogP contribution >= 0.6 is 7.82 Å². The SMILES string of the molecule is CCCCCCCCCCC#CC#CCCCCCCCCOOC[C@H](COP(=O)([O-])OCC[N+](C)(C)C)OOCCCCCCCCC#CC#CCCCCCCCCCC. The molecule has 0 aromatic heterocycles. The van der Waals surface area contributed by atoms with E-state index in [1.807, 2.05) is 21.1 Å². The van der Waals surface area contributed by atoms with E-state index >= 15 is 0 Å². The third kappa shape index (κ3) is 50.8. The molecule has 9 nitrogen and oxygen atoms in total. The van der Waals surface area contributed by atoms with Crippen molar-refractivity contribution >= 4 is 7.82 Å². The quantitative estimate of drug-likeness (QED) is 0.0149. The van der Waals surface area contributed by atoms with E-state index in [1.54, 1.807) is 0 Å². The summed E-state index contributed by atoms with van der Waals surface area (Å²) in [6.07, 6.45) is 36.9. The van der Waals surface area contributed by atoms with E-state index in [9.17, 15) is 9.46 Å². The maximum absolute atomic E-state index is 12.4. The van der Waals surface area contributed by atoms with Gasteiger partial charge >= 0.3 is 0 Å². The van der Waals surface area contributed by atoms with Crippen LogP contribution in [-0.4, -0.2) is 71.3 Å². The standard InChI is InChI=1S/C52H92NO8P/c1-6-8-10-12-14-16-18-20-22-24-26-28-30-32-34-36-38-40-42-44-47-56-58-50-52(51-60-62(54,55)59-49-46-53(3,4)5)61-57-48-45-43-41-39-37-35-33-31-29-27-25-23-21-19-17-15-13-11-9-7-2/h52H,6-23,32-51H2,1-5H3/t52-/m1/s1. The van der Waals surface area contributed by atoms with Gasteiger partial charge in [-0.05, 0) is 62.2 Å². The number of phosphoric acid groups is 1. The summed E-state index contributed by atoms with van der Waals surface area (Å²) < 4.78 is 23.1. The van der Waals surface area contributed by atoms with Gasteiger partial charge in [0, 0.05) is 25.7 Å². The Hall–Kier alpha value is -1.85. The normalized spacial score (nSPS) is 12.5. The van der Waals surface area contributed by atoms with Gasteiger partial charge < -0.3 is 18.4 Å². The number of hydrogen-bond donors (Lipinski definition) is 0. The summed E-state index contributed by atoms with van der Waals surface area (Å²) in [7, 11) is 1.35. The molecule has 1 unspecified atom stereocenters. The second kappa shape index (κ2) is 47.1. The van der Waals surface area contributed by atoms with Crippen LogP contribution in [0.5, 0.6) is 0 Å². The second-order valence-electron chi connectivity index (χ2n) is 17.6. The Labute approximate surface area is 382 Å². The van der Waals surface area contributed by atoms with Crippen molar-refractivity contribution in [3.8, 4) is 47.4 Å². The highest BCUT2D eigenvalue weighted by Crippen LogP contribution is 2.38. The highest BCUT2D eigenvalue weighted by molar-refractivity contribution is 7.45. The molecule has 0 aromatic rings. The lowest BCUT2D eigenvalue weighted by atomic mass is 10.1. The average molecular weight is 890 g/mol. The molecule has 0 N–H and O–H groups in total. The predicted molar refractivity (Wildman–Crippen MR) is 255 cm³/mol. The molecule has 0 aliphatic rings. The molecule has 358 valence electrons. The van der Waals surface area contributed by atoms with Crippen LogP contribution in [0.15, 0.2) is 0 Å². The van der Waals surface area contributed by atoms with Crippen LogP contribution < -0.4 is 4.89 Å². The molecule has 0 aliphatic carbocycles. The summed E-state index contributed by atoms with van der Waals surface area (Å²) in [5, 5.41) is 0. The molecule has 0 rings (SSSR count). The topological polar surface area (TPSA) is 95.5 Å². The maximum atomic E-state index is 12.4. The zero-order valence-electron chi connectivity index (χ0n) is 40.6. The van der Waals surface area contributed by atoms with Crippen LogP contribution in [0.4, 0.5) is 0 Å². The predicted octanol–water partition coefficient (Wildman–Crippen LogP) is 13.0. The van der Waals surface area contributed by atoms with Gasteiger partial charge in [0.25, 0.3) is 7.82 Å². The van der Waals surface area contributed by atoms with Gasteiger partial charge in [-0.1, -0.05) is 179 Å². The molecule has 2 atom stereocenters. The number of quaternary nitrogens is 1. The van der Waals surface area contributed by atoms with Gasteiger partial charge in [-0.3, -0.25) is 4.57 Å². The molecule has 0 heterocycles. The Balaban J connectivity index is 4.12. The van der Waals surface area contributed by atoms with Crippen molar-refractivity contribution in [2.75, 3.05) is 60.7 Å². The van der Waals surface area contributed by atoms with E-state index in [0.717, 1.165) is 103 Å². The molecule has 0 radical (unpaired) electrons.